The minimum absolute atomic E-state index is 0.241. The van der Waals surface area contributed by atoms with E-state index in [9.17, 15) is 9.59 Å². The molecule has 1 amide bonds. The van der Waals surface area contributed by atoms with E-state index in [0.29, 0.717) is 23.7 Å². The van der Waals surface area contributed by atoms with Gasteiger partial charge in [0.1, 0.15) is 5.69 Å². The molecule has 0 bridgehead atoms. The Hall–Kier alpha value is -2.27. The molecule has 6 heteroatoms. The lowest BCUT2D eigenvalue weighted by Gasteiger charge is -2.05. The van der Waals surface area contributed by atoms with Crippen molar-refractivity contribution in [2.45, 2.75) is 6.42 Å². The lowest BCUT2D eigenvalue weighted by Crippen LogP contribution is -2.25. The Labute approximate surface area is 120 Å². The molecular formula is C14H13ClN2O3. The van der Waals surface area contributed by atoms with Gasteiger partial charge in [0.05, 0.1) is 10.6 Å². The van der Waals surface area contributed by atoms with Crippen molar-refractivity contribution < 1.29 is 14.7 Å². The van der Waals surface area contributed by atoms with Crippen LogP contribution in [0.2, 0.25) is 5.02 Å². The van der Waals surface area contributed by atoms with Crippen LogP contribution in [0.1, 0.15) is 26.4 Å². The molecule has 0 saturated carbocycles. The van der Waals surface area contributed by atoms with Crippen molar-refractivity contribution in [2.24, 2.45) is 0 Å². The van der Waals surface area contributed by atoms with Gasteiger partial charge in [-0.15, -0.1) is 0 Å². The summed E-state index contributed by atoms with van der Waals surface area (Å²) in [6.07, 6.45) is 2.09. The number of amides is 1. The summed E-state index contributed by atoms with van der Waals surface area (Å²) in [6, 6.07) is 8.18. The number of hydrogen-bond acceptors (Lipinski definition) is 2. The Balaban J connectivity index is 1.88. The number of benzene rings is 1. The van der Waals surface area contributed by atoms with E-state index in [1.54, 1.807) is 18.2 Å². The lowest BCUT2D eigenvalue weighted by atomic mass is 10.1. The summed E-state index contributed by atoms with van der Waals surface area (Å²) in [5, 5.41) is 12.1. The van der Waals surface area contributed by atoms with Gasteiger partial charge in [0, 0.05) is 12.7 Å². The number of nitrogens with one attached hydrogen (secondary N) is 2. The summed E-state index contributed by atoms with van der Waals surface area (Å²) in [5.74, 6) is -1.21. The zero-order valence-electron chi connectivity index (χ0n) is 10.5. The Bertz CT molecular complexity index is 637. The van der Waals surface area contributed by atoms with Crippen LogP contribution >= 0.6 is 11.6 Å². The van der Waals surface area contributed by atoms with E-state index in [4.69, 9.17) is 16.7 Å². The van der Waals surface area contributed by atoms with Gasteiger partial charge in [-0.2, -0.15) is 0 Å². The second-order valence-corrected chi connectivity index (χ2v) is 4.68. The first-order valence-corrected chi connectivity index (χ1v) is 6.38. The van der Waals surface area contributed by atoms with Gasteiger partial charge in [-0.05, 0) is 30.2 Å². The van der Waals surface area contributed by atoms with Gasteiger partial charge in [-0.1, -0.05) is 23.7 Å². The monoisotopic (exact) mass is 292 g/mol. The molecule has 0 radical (unpaired) electrons. The van der Waals surface area contributed by atoms with Crippen LogP contribution in [0.3, 0.4) is 0 Å². The molecule has 0 aliphatic heterocycles. The average Bonchev–Trinajstić information content (AvgIpc) is 2.86. The van der Waals surface area contributed by atoms with E-state index in [1.807, 2.05) is 6.07 Å². The van der Waals surface area contributed by atoms with Gasteiger partial charge >= 0.3 is 5.97 Å². The first-order chi connectivity index (χ1) is 9.56. The van der Waals surface area contributed by atoms with Gasteiger partial charge in [0.2, 0.25) is 0 Å². The van der Waals surface area contributed by atoms with Crippen molar-refractivity contribution in [1.29, 1.82) is 0 Å². The number of rotatable bonds is 5. The maximum absolute atomic E-state index is 11.7. The predicted octanol–water partition coefficient (Wildman–Crippen LogP) is 2.34. The van der Waals surface area contributed by atoms with Crippen molar-refractivity contribution in [2.75, 3.05) is 6.54 Å². The number of aromatic nitrogens is 1. The number of carbonyl (C=O) groups is 2. The van der Waals surface area contributed by atoms with E-state index < -0.39 is 5.97 Å². The predicted molar refractivity (Wildman–Crippen MR) is 75.2 cm³/mol. The molecule has 0 saturated heterocycles. The quantitative estimate of drug-likeness (QED) is 0.791. The van der Waals surface area contributed by atoms with Crippen LogP contribution in [-0.4, -0.2) is 28.5 Å². The van der Waals surface area contributed by atoms with Crippen molar-refractivity contribution >= 4 is 23.5 Å². The summed E-state index contributed by atoms with van der Waals surface area (Å²) in [7, 11) is 0. The van der Waals surface area contributed by atoms with Crippen LogP contribution in [0, 0.1) is 0 Å². The van der Waals surface area contributed by atoms with E-state index in [1.165, 1.54) is 12.3 Å². The van der Waals surface area contributed by atoms with Gasteiger partial charge in [0.25, 0.3) is 5.91 Å². The molecule has 20 heavy (non-hydrogen) atoms. The fourth-order valence-electron chi connectivity index (χ4n) is 1.77. The maximum atomic E-state index is 11.7. The largest absolute Gasteiger partial charge is 0.478 e. The highest BCUT2D eigenvalue weighted by molar-refractivity contribution is 6.30. The lowest BCUT2D eigenvalue weighted by molar-refractivity contribution is 0.0696. The summed E-state index contributed by atoms with van der Waals surface area (Å²) < 4.78 is 0. The molecule has 104 valence electrons. The zero-order valence-corrected chi connectivity index (χ0v) is 11.3. The first kappa shape index (κ1) is 14.1. The van der Waals surface area contributed by atoms with Gasteiger partial charge in [0.15, 0.2) is 0 Å². The second-order valence-electron chi connectivity index (χ2n) is 4.24. The van der Waals surface area contributed by atoms with Crippen LogP contribution in [0.25, 0.3) is 0 Å². The fourth-order valence-corrected chi connectivity index (χ4v) is 1.94. The molecule has 5 nitrogen and oxygen atoms in total. The standard InChI is InChI=1S/C14H13ClN2O3/c15-11-7-12(17-8-11)13(18)16-5-4-9-2-1-3-10(6-9)14(19)20/h1-3,6-8,17H,4-5H2,(H,16,18)(H,19,20). The van der Waals surface area contributed by atoms with Gasteiger partial charge in [-0.25, -0.2) is 4.79 Å². The Kier molecular flexibility index (Phi) is 4.42. The number of carboxylic acid groups (broad SMARTS) is 1. The van der Waals surface area contributed by atoms with Crippen LogP contribution < -0.4 is 5.32 Å². The number of H-pyrrole nitrogens is 1. The smallest absolute Gasteiger partial charge is 0.335 e. The molecule has 0 aliphatic carbocycles. The average molecular weight is 293 g/mol. The molecule has 0 aliphatic rings. The minimum atomic E-state index is -0.961. The van der Waals surface area contributed by atoms with Crippen molar-refractivity contribution in [3.8, 4) is 0 Å². The van der Waals surface area contributed by atoms with Crippen LogP contribution in [0.4, 0.5) is 0 Å². The number of carbonyl (C=O) groups excluding carboxylic acids is 1. The highest BCUT2D eigenvalue weighted by Gasteiger charge is 2.07. The number of aromatic carboxylic acids is 1. The molecular weight excluding hydrogens is 280 g/mol. The van der Waals surface area contributed by atoms with E-state index in [0.717, 1.165) is 5.56 Å². The van der Waals surface area contributed by atoms with E-state index in [2.05, 4.69) is 10.3 Å². The van der Waals surface area contributed by atoms with Crippen LogP contribution in [0.5, 0.6) is 0 Å². The summed E-state index contributed by atoms with van der Waals surface area (Å²) >= 11 is 5.71. The minimum Gasteiger partial charge on any atom is -0.478 e. The topological polar surface area (TPSA) is 82.2 Å². The van der Waals surface area contributed by atoms with E-state index >= 15 is 0 Å². The molecule has 0 fully saturated rings. The number of hydrogen-bond donors (Lipinski definition) is 3. The SMILES string of the molecule is O=C(O)c1cccc(CCNC(=O)c2cc(Cl)c[nH]2)c1. The van der Waals surface area contributed by atoms with Crippen LogP contribution in [-0.2, 0) is 6.42 Å². The van der Waals surface area contributed by atoms with E-state index in [-0.39, 0.29) is 11.5 Å². The summed E-state index contributed by atoms with van der Waals surface area (Å²) in [4.78, 5) is 25.3. The van der Waals surface area contributed by atoms with Gasteiger partial charge in [-0.3, -0.25) is 4.79 Å². The zero-order chi connectivity index (χ0) is 14.5. The Morgan fingerprint density at radius 3 is 2.75 bits per heavy atom. The normalized spacial score (nSPS) is 10.2. The highest BCUT2D eigenvalue weighted by Crippen LogP contribution is 2.09. The molecule has 0 spiro atoms. The fraction of sp³-hybridized carbons (Fsp3) is 0.143. The number of carboxylic acids is 1. The highest BCUT2D eigenvalue weighted by atomic mass is 35.5. The Morgan fingerprint density at radius 1 is 1.30 bits per heavy atom. The second kappa shape index (κ2) is 6.25. The molecule has 1 aromatic heterocycles. The van der Waals surface area contributed by atoms with Crippen molar-refractivity contribution in [1.82, 2.24) is 10.3 Å². The third-order valence-corrected chi connectivity index (χ3v) is 2.98. The Morgan fingerprint density at radius 2 is 2.10 bits per heavy atom. The maximum Gasteiger partial charge on any atom is 0.335 e. The molecule has 1 heterocycles. The third-order valence-electron chi connectivity index (χ3n) is 2.77. The summed E-state index contributed by atoms with van der Waals surface area (Å²) in [6.45, 7) is 0.415. The van der Waals surface area contributed by atoms with Gasteiger partial charge < -0.3 is 15.4 Å². The molecule has 2 rings (SSSR count). The van der Waals surface area contributed by atoms with Crippen LogP contribution in [0.15, 0.2) is 36.5 Å². The molecule has 0 atom stereocenters. The molecule has 2 aromatic rings. The number of halogens is 1. The first-order valence-electron chi connectivity index (χ1n) is 6.00. The summed E-state index contributed by atoms with van der Waals surface area (Å²) in [5.41, 5.74) is 1.49. The van der Waals surface area contributed by atoms with Crippen molar-refractivity contribution in [3.05, 3.63) is 58.4 Å². The molecule has 0 unspecified atom stereocenters. The van der Waals surface area contributed by atoms with Crippen molar-refractivity contribution in [3.63, 3.8) is 0 Å². The number of aromatic amines is 1. The molecule has 1 aromatic carbocycles. The third kappa shape index (κ3) is 3.61. The molecule has 3 N–H and O–H groups in total.